The van der Waals surface area contributed by atoms with Crippen LogP contribution < -0.4 is 0 Å². The first-order valence-electron chi connectivity index (χ1n) is 0. The average molecular weight is 376 g/mol. The third-order valence-electron chi connectivity index (χ3n) is 0. The fraction of sp³-hybridized carbons (Fsp3) is 0. The molecule has 0 nitrogen and oxygen atoms in total. The Hall–Kier alpha value is 2.96. The van der Waals surface area contributed by atoms with Gasteiger partial charge in [0.2, 0.25) is 0 Å². The Labute approximate surface area is 88.6 Å². The monoisotopic (exact) mass is 376 g/mol. The number of hydrogen-bond donors (Lipinski definition) is 0. The second kappa shape index (κ2) is 16.7. The van der Waals surface area contributed by atoms with Gasteiger partial charge in [-0.1, -0.05) is 0 Å². The van der Waals surface area contributed by atoms with Gasteiger partial charge in [0.05, 0.1) is 0 Å². The molecule has 22 valence electrons. The molecule has 0 N–H and O–H groups in total. The largest absolute Gasteiger partial charge is 0 e. The molecule has 4 heavy (non-hydrogen) atoms. The Morgan fingerprint density at radius 3 is 1.00 bits per heavy atom. The van der Waals surface area contributed by atoms with Crippen LogP contribution in [-0.2, 0) is 90.3 Å². The quantitative estimate of drug-likeness (QED) is 0.522. The molecule has 0 amide bonds. The van der Waals surface area contributed by atoms with Crippen molar-refractivity contribution in [3.63, 3.8) is 0 Å². The van der Waals surface area contributed by atoms with Crippen molar-refractivity contribution in [2.24, 2.45) is 0 Å². The molecule has 0 spiro atoms. The van der Waals surface area contributed by atoms with E-state index < -0.39 is 0 Å². The Morgan fingerprint density at radius 2 is 1.00 bits per heavy atom. The van der Waals surface area contributed by atoms with Crippen LogP contribution in [0.5, 0.6) is 0 Å². The molecule has 0 aliphatic heterocycles. The fourth-order valence-electron chi connectivity index (χ4n) is 0. The molecule has 0 aliphatic rings. The summed E-state index contributed by atoms with van der Waals surface area (Å²) >= 11 is 0. The first kappa shape index (κ1) is 28.2. The Morgan fingerprint density at radius 1 is 1.00 bits per heavy atom. The van der Waals surface area contributed by atoms with Crippen LogP contribution in [0.15, 0.2) is 0 Å². The van der Waals surface area contributed by atoms with E-state index in [1.807, 2.05) is 0 Å². The van der Waals surface area contributed by atoms with Crippen LogP contribution in [0.1, 0.15) is 0 Å². The molecule has 0 bridgehead atoms. The van der Waals surface area contributed by atoms with Crippen LogP contribution in [0.4, 0.5) is 0 Å². The van der Waals surface area contributed by atoms with E-state index in [1.54, 1.807) is 0 Å². The van der Waals surface area contributed by atoms with E-state index >= 15 is 0 Å². The van der Waals surface area contributed by atoms with Crippen molar-refractivity contribution in [1.82, 2.24) is 0 Å². The van der Waals surface area contributed by atoms with Gasteiger partial charge in [-0.3, -0.25) is 0 Å². The number of rotatable bonds is 0. The first-order chi connectivity index (χ1) is 0. The van der Waals surface area contributed by atoms with E-state index in [1.165, 1.54) is 0 Å². The Kier molecular flexibility index (Phi) is 118. The van der Waals surface area contributed by atoms with E-state index in [0.717, 1.165) is 0 Å². The van der Waals surface area contributed by atoms with E-state index in [0.29, 0.717) is 0 Å². The zero-order chi connectivity index (χ0) is 0. The van der Waals surface area contributed by atoms with Crippen LogP contribution in [0.25, 0.3) is 0 Å². The van der Waals surface area contributed by atoms with E-state index in [2.05, 4.69) is 0 Å². The summed E-state index contributed by atoms with van der Waals surface area (Å²) < 4.78 is 0. The van der Waals surface area contributed by atoms with E-state index in [-0.39, 0.29) is 90.3 Å². The third-order valence-corrected chi connectivity index (χ3v) is 0. The molecule has 0 heterocycles. The van der Waals surface area contributed by atoms with Crippen molar-refractivity contribution in [3.05, 3.63) is 0 Å². The summed E-state index contributed by atoms with van der Waals surface area (Å²) in [6.45, 7) is 0. The molecule has 0 atom stereocenters. The molecule has 0 saturated heterocycles. The number of hydrogen-bond acceptors (Lipinski definition) is 0. The maximum atomic E-state index is 0. The van der Waals surface area contributed by atoms with Crippen molar-refractivity contribution in [1.29, 1.82) is 0 Å². The molecule has 0 radical (unpaired) electrons. The van der Waals surface area contributed by atoms with Crippen LogP contribution in [0.3, 0.4) is 0 Å². The van der Waals surface area contributed by atoms with Crippen molar-refractivity contribution in [2.45, 2.75) is 0 Å². The van der Waals surface area contributed by atoms with Gasteiger partial charge in [-0.15, -0.1) is 0 Å². The van der Waals surface area contributed by atoms with Crippen molar-refractivity contribution >= 4 is 0 Å². The van der Waals surface area contributed by atoms with Gasteiger partial charge >= 0.3 is 0 Å². The summed E-state index contributed by atoms with van der Waals surface area (Å²) in [7, 11) is 0. The van der Waals surface area contributed by atoms with Crippen molar-refractivity contribution < 1.29 is 90.3 Å². The molecule has 0 fully saturated rings. The minimum atomic E-state index is 0. The standard InChI is InChI=1S/Hf.Ni.Ti.Zr. The van der Waals surface area contributed by atoms with Crippen LogP contribution in [-0.4, -0.2) is 0 Å². The molecule has 0 rings (SSSR count). The zero-order valence-electron chi connectivity index (χ0n) is 1.82. The summed E-state index contributed by atoms with van der Waals surface area (Å²) in [6.07, 6.45) is 0. The Balaban J connectivity index is 0. The third kappa shape index (κ3) is 8.88. The minimum Gasteiger partial charge on any atom is 0 e. The maximum absolute atomic E-state index is 0. The summed E-state index contributed by atoms with van der Waals surface area (Å²) in [6, 6.07) is 0. The smallest absolute Gasteiger partial charge is 0 e. The zero-order valence-corrected chi connectivity index (χ0v) is 10.4. The maximum Gasteiger partial charge on any atom is 0 e. The van der Waals surface area contributed by atoms with Crippen LogP contribution in [0, 0.1) is 0 Å². The molecule has 0 aromatic rings. The summed E-state index contributed by atoms with van der Waals surface area (Å²) in [4.78, 5) is 0. The molecule has 4 heteroatoms. The minimum absolute atomic E-state index is 0. The van der Waals surface area contributed by atoms with Gasteiger partial charge in [-0.25, -0.2) is 0 Å². The first-order valence-corrected chi connectivity index (χ1v) is 0. The van der Waals surface area contributed by atoms with Gasteiger partial charge in [-0.05, 0) is 0 Å². The molecular formula is HfNiTiZr. The summed E-state index contributed by atoms with van der Waals surface area (Å²) in [5.74, 6) is 0. The van der Waals surface area contributed by atoms with Crippen molar-refractivity contribution in [3.8, 4) is 0 Å². The average Bonchev–Trinajstić information content (AvgIpc) is 0. The topological polar surface area (TPSA) is 0 Å². The predicted octanol–water partition coefficient (Wildman–Crippen LogP) is -0.0100. The van der Waals surface area contributed by atoms with Gasteiger partial charge in [0, 0.05) is 90.3 Å². The van der Waals surface area contributed by atoms with Gasteiger partial charge in [0.15, 0.2) is 0 Å². The fourth-order valence-corrected chi connectivity index (χ4v) is 0. The van der Waals surface area contributed by atoms with Crippen molar-refractivity contribution in [2.75, 3.05) is 0 Å². The second-order valence-corrected chi connectivity index (χ2v) is 0. The molecular weight excluding hydrogens is 376 g/mol. The predicted molar refractivity (Wildman–Crippen MR) is 0 cm³/mol. The van der Waals surface area contributed by atoms with E-state index in [9.17, 15) is 0 Å². The van der Waals surface area contributed by atoms with Gasteiger partial charge in [0.1, 0.15) is 0 Å². The van der Waals surface area contributed by atoms with Crippen LogP contribution >= 0.6 is 0 Å². The molecule has 0 unspecified atom stereocenters. The molecule has 0 aromatic carbocycles. The Bertz CT molecular complexity index is 8.00. The normalized spacial score (nSPS) is 0. The van der Waals surface area contributed by atoms with Crippen LogP contribution in [0.2, 0.25) is 0 Å². The van der Waals surface area contributed by atoms with Gasteiger partial charge in [-0.2, -0.15) is 0 Å². The molecule has 0 saturated carbocycles. The molecule has 0 aromatic heterocycles. The molecule has 0 aliphatic carbocycles. The van der Waals surface area contributed by atoms with E-state index in [4.69, 9.17) is 0 Å². The second-order valence-electron chi connectivity index (χ2n) is 0. The summed E-state index contributed by atoms with van der Waals surface area (Å²) in [5.41, 5.74) is 0. The SMILES string of the molecule is [Hf].[Ni].[Ti].[Zr]. The van der Waals surface area contributed by atoms with Gasteiger partial charge < -0.3 is 0 Å². The summed E-state index contributed by atoms with van der Waals surface area (Å²) in [5, 5.41) is 0. The van der Waals surface area contributed by atoms with Gasteiger partial charge in [0.25, 0.3) is 0 Å².